The number of rotatable bonds is 4. The lowest BCUT2D eigenvalue weighted by Gasteiger charge is -2.21. The molecule has 2 saturated carbocycles. The summed E-state index contributed by atoms with van der Waals surface area (Å²) in [5.41, 5.74) is 0. The second-order valence-corrected chi connectivity index (χ2v) is 8.56. The summed E-state index contributed by atoms with van der Waals surface area (Å²) in [4.78, 5) is 0. The predicted octanol–water partition coefficient (Wildman–Crippen LogP) is 3.73. The summed E-state index contributed by atoms with van der Waals surface area (Å²) in [7, 11) is 1.76. The fourth-order valence-electron chi connectivity index (χ4n) is 2.40. The number of hydrogen-bond donors (Lipinski definition) is 1. The average molecular weight is 247 g/mol. The van der Waals surface area contributed by atoms with Gasteiger partial charge in [-0.1, -0.05) is 32.6 Å². The van der Waals surface area contributed by atoms with Gasteiger partial charge in [-0.25, -0.2) is 0 Å². The Kier molecular flexibility index (Phi) is 7.47. The third kappa shape index (κ3) is 4.95. The Morgan fingerprint density at radius 3 is 1.75 bits per heavy atom. The highest BCUT2D eigenvalue weighted by atomic mass is 28.4. The molecule has 2 fully saturated rings. The highest BCUT2D eigenvalue weighted by molar-refractivity contribution is 6.65. The molecule has 0 spiro atoms. The van der Waals surface area contributed by atoms with Crippen LogP contribution >= 0.6 is 0 Å². The van der Waals surface area contributed by atoms with Crippen LogP contribution in [0, 0.1) is 11.8 Å². The van der Waals surface area contributed by atoms with Gasteiger partial charge in [0.05, 0.1) is 0 Å². The van der Waals surface area contributed by atoms with Gasteiger partial charge < -0.3 is 15.0 Å². The van der Waals surface area contributed by atoms with E-state index in [0.29, 0.717) is 0 Å². The zero-order valence-corrected chi connectivity index (χ0v) is 12.4. The molecule has 0 bridgehead atoms. The fourth-order valence-corrected chi connectivity index (χ4v) is 3.88. The Morgan fingerprint density at radius 1 is 1.12 bits per heavy atom. The minimum Gasteiger partial charge on any atom is -0.398 e. The van der Waals surface area contributed by atoms with E-state index in [9.17, 15) is 0 Å². The molecule has 4 heteroatoms. The van der Waals surface area contributed by atoms with E-state index in [0.717, 1.165) is 12.5 Å². The van der Waals surface area contributed by atoms with Crippen molar-refractivity contribution < 1.29 is 8.85 Å². The van der Waals surface area contributed by atoms with Crippen LogP contribution in [0.1, 0.15) is 39.0 Å². The largest absolute Gasteiger partial charge is 0.398 e. The van der Waals surface area contributed by atoms with Crippen molar-refractivity contribution in [1.29, 1.82) is 0 Å². The molecule has 0 radical (unpaired) electrons. The molecule has 2 atom stereocenters. The molecule has 2 aliphatic carbocycles. The zero-order chi connectivity index (χ0) is 11.3. The maximum atomic E-state index is 5.24. The summed E-state index contributed by atoms with van der Waals surface area (Å²) >= 11 is 0. The Morgan fingerprint density at radius 2 is 1.62 bits per heavy atom. The normalized spacial score (nSPS) is 26.2. The van der Waals surface area contributed by atoms with E-state index in [-0.39, 0.29) is 6.15 Å². The summed E-state index contributed by atoms with van der Waals surface area (Å²) in [5, 5.41) is 0. The van der Waals surface area contributed by atoms with Crippen molar-refractivity contribution in [3.8, 4) is 0 Å². The summed E-state index contributed by atoms with van der Waals surface area (Å²) in [6, 6.07) is 1.08. The minimum atomic E-state index is -1.70. The predicted molar refractivity (Wildman–Crippen MR) is 71.2 cm³/mol. The van der Waals surface area contributed by atoms with E-state index in [4.69, 9.17) is 8.85 Å². The first-order chi connectivity index (χ1) is 7.15. The molecule has 3 nitrogen and oxygen atoms in total. The SMILES string of the molecule is C1CC2CC2C1.CCC[Si](C)(OC)OC.N. The monoisotopic (exact) mass is 247 g/mol. The van der Waals surface area contributed by atoms with E-state index in [2.05, 4.69) is 13.5 Å². The molecular formula is C12H29NO2Si. The molecule has 0 aromatic carbocycles. The standard InChI is InChI=1S/C6H16O2Si.C6H10.H3N/c1-5-6-9(4,7-2)8-3;1-2-5-4-6(5)3-1;/h5-6H2,1-4H3;5-6H,1-4H2;1H3. The fraction of sp³-hybridized carbons (Fsp3) is 1.00. The Bertz CT molecular complexity index is 178. The van der Waals surface area contributed by atoms with Gasteiger partial charge in [-0.15, -0.1) is 0 Å². The summed E-state index contributed by atoms with van der Waals surface area (Å²) in [5.74, 6) is 2.43. The summed E-state index contributed by atoms with van der Waals surface area (Å²) in [6.07, 6.45) is 7.38. The summed E-state index contributed by atoms with van der Waals surface area (Å²) in [6.45, 7) is 4.22. The second-order valence-electron chi connectivity index (χ2n) is 4.98. The van der Waals surface area contributed by atoms with Crippen LogP contribution in [0.25, 0.3) is 0 Å². The Balaban J connectivity index is 0.000000276. The van der Waals surface area contributed by atoms with Gasteiger partial charge in [-0.2, -0.15) is 0 Å². The maximum absolute atomic E-state index is 5.24. The van der Waals surface area contributed by atoms with E-state index in [1.54, 1.807) is 33.5 Å². The number of hydrogen-bond acceptors (Lipinski definition) is 3. The first-order valence-corrected chi connectivity index (χ1v) is 8.78. The van der Waals surface area contributed by atoms with Crippen molar-refractivity contribution in [3.63, 3.8) is 0 Å². The van der Waals surface area contributed by atoms with Gasteiger partial charge >= 0.3 is 8.56 Å². The van der Waals surface area contributed by atoms with E-state index < -0.39 is 8.56 Å². The van der Waals surface area contributed by atoms with Gasteiger partial charge in [-0.05, 0) is 30.8 Å². The zero-order valence-electron chi connectivity index (χ0n) is 11.4. The quantitative estimate of drug-likeness (QED) is 0.770. The van der Waals surface area contributed by atoms with Crippen LogP contribution in [0.3, 0.4) is 0 Å². The Labute approximate surface area is 102 Å². The first-order valence-electron chi connectivity index (χ1n) is 6.25. The van der Waals surface area contributed by atoms with E-state index >= 15 is 0 Å². The molecule has 0 heterocycles. The van der Waals surface area contributed by atoms with Crippen LogP contribution in [0.5, 0.6) is 0 Å². The van der Waals surface area contributed by atoms with Gasteiger partial charge in [0, 0.05) is 14.2 Å². The first kappa shape index (κ1) is 16.1. The van der Waals surface area contributed by atoms with E-state index in [1.165, 1.54) is 18.3 Å². The van der Waals surface area contributed by atoms with Crippen LogP contribution in [0.15, 0.2) is 0 Å². The van der Waals surface area contributed by atoms with Crippen molar-refractivity contribution in [2.24, 2.45) is 11.8 Å². The minimum absolute atomic E-state index is 0. The van der Waals surface area contributed by atoms with Crippen molar-refractivity contribution in [3.05, 3.63) is 0 Å². The lowest BCUT2D eigenvalue weighted by molar-refractivity contribution is 0.249. The van der Waals surface area contributed by atoms with Crippen molar-refractivity contribution >= 4 is 8.56 Å². The van der Waals surface area contributed by atoms with Crippen LogP contribution < -0.4 is 6.15 Å². The molecule has 98 valence electrons. The lowest BCUT2D eigenvalue weighted by Crippen LogP contribution is -2.35. The van der Waals surface area contributed by atoms with E-state index in [1.807, 2.05) is 0 Å². The average Bonchev–Trinajstić information content (AvgIpc) is 2.87. The number of fused-ring (bicyclic) bond motifs is 1. The topological polar surface area (TPSA) is 53.5 Å². The smallest absolute Gasteiger partial charge is 0.334 e. The van der Waals surface area contributed by atoms with Gasteiger partial charge in [0.1, 0.15) is 0 Å². The second kappa shape index (κ2) is 7.43. The van der Waals surface area contributed by atoms with Gasteiger partial charge in [0.25, 0.3) is 0 Å². The van der Waals surface area contributed by atoms with Crippen LogP contribution in [0.4, 0.5) is 0 Å². The molecule has 2 aliphatic rings. The van der Waals surface area contributed by atoms with Gasteiger partial charge in [0.2, 0.25) is 0 Å². The third-order valence-electron chi connectivity index (χ3n) is 3.79. The third-order valence-corrected chi connectivity index (χ3v) is 6.92. The molecule has 0 saturated heterocycles. The molecule has 16 heavy (non-hydrogen) atoms. The molecule has 0 aromatic rings. The highest BCUT2D eigenvalue weighted by Crippen LogP contribution is 2.51. The van der Waals surface area contributed by atoms with Crippen LogP contribution in [0.2, 0.25) is 12.6 Å². The molecule has 0 aliphatic heterocycles. The van der Waals surface area contributed by atoms with Crippen molar-refractivity contribution in [2.45, 2.75) is 51.6 Å². The molecule has 3 N–H and O–H groups in total. The van der Waals surface area contributed by atoms with Gasteiger partial charge in [0.15, 0.2) is 0 Å². The van der Waals surface area contributed by atoms with Crippen molar-refractivity contribution in [1.82, 2.24) is 6.15 Å². The molecule has 2 unspecified atom stereocenters. The maximum Gasteiger partial charge on any atom is 0.334 e. The Hall–Kier alpha value is 0.0969. The van der Waals surface area contributed by atoms with Gasteiger partial charge in [-0.3, -0.25) is 0 Å². The lowest BCUT2D eigenvalue weighted by atomic mass is 10.3. The highest BCUT2D eigenvalue weighted by Gasteiger charge is 2.40. The molecular weight excluding hydrogens is 218 g/mol. The van der Waals surface area contributed by atoms with Crippen molar-refractivity contribution in [2.75, 3.05) is 14.2 Å². The summed E-state index contributed by atoms with van der Waals surface area (Å²) < 4.78 is 10.5. The van der Waals surface area contributed by atoms with Crippen LogP contribution in [-0.4, -0.2) is 22.8 Å². The molecule has 2 rings (SSSR count). The molecule has 0 aromatic heterocycles. The molecule has 0 amide bonds. The van der Waals surface area contributed by atoms with Crippen LogP contribution in [-0.2, 0) is 8.85 Å².